The van der Waals surface area contributed by atoms with Gasteiger partial charge in [-0.25, -0.2) is 5.84 Å². The van der Waals surface area contributed by atoms with E-state index in [1.807, 2.05) is 23.5 Å². The van der Waals surface area contributed by atoms with Gasteiger partial charge in [0.15, 0.2) is 0 Å². The van der Waals surface area contributed by atoms with Crippen molar-refractivity contribution in [1.29, 1.82) is 0 Å². The predicted octanol–water partition coefficient (Wildman–Crippen LogP) is 1.19. The molecule has 0 bridgehead atoms. The molecule has 0 radical (unpaired) electrons. The van der Waals surface area contributed by atoms with Crippen LogP contribution >= 0.6 is 23.5 Å². The highest BCUT2D eigenvalue weighted by atomic mass is 32.2. The molecule has 0 spiro atoms. The topological polar surface area (TPSA) is 62.4 Å². The van der Waals surface area contributed by atoms with Crippen molar-refractivity contribution in [2.24, 2.45) is 10.8 Å². The minimum atomic E-state index is 0.568. The minimum absolute atomic E-state index is 0.568. The number of nitrogens with one attached hydrogen (secondary N) is 2. The lowest BCUT2D eigenvalue weighted by Crippen LogP contribution is -2.46. The summed E-state index contributed by atoms with van der Waals surface area (Å²) in [6, 6.07) is 0.568. The number of nitrogens with two attached hydrogens (primary N) is 1. The molecule has 4 nitrogen and oxygen atoms in total. The third kappa shape index (κ3) is 4.60. The minimum Gasteiger partial charge on any atom is -0.353 e. The summed E-state index contributed by atoms with van der Waals surface area (Å²) in [6.45, 7) is 0.872. The summed E-state index contributed by atoms with van der Waals surface area (Å²) >= 11 is 4.07. The summed E-state index contributed by atoms with van der Waals surface area (Å²) in [5, 5.41) is 4.06. The fraction of sp³-hybridized carbons (Fsp3) is 0.909. The van der Waals surface area contributed by atoms with Crippen LogP contribution in [0.1, 0.15) is 25.7 Å². The van der Waals surface area contributed by atoms with Crippen molar-refractivity contribution in [2.75, 3.05) is 23.8 Å². The lowest BCUT2D eigenvalue weighted by molar-refractivity contribution is 0.614. The largest absolute Gasteiger partial charge is 0.353 e. The van der Waals surface area contributed by atoms with Crippen LogP contribution in [0.3, 0.4) is 0 Å². The van der Waals surface area contributed by atoms with E-state index in [-0.39, 0.29) is 0 Å². The Morgan fingerprint density at radius 2 is 2.12 bits per heavy atom. The van der Waals surface area contributed by atoms with Gasteiger partial charge in [0.25, 0.3) is 0 Å². The fourth-order valence-corrected chi connectivity index (χ4v) is 4.81. The van der Waals surface area contributed by atoms with Gasteiger partial charge in [0.05, 0.1) is 6.54 Å². The molecular weight excluding hydrogens is 252 g/mol. The maximum atomic E-state index is 5.51. The van der Waals surface area contributed by atoms with Crippen LogP contribution in [0.15, 0.2) is 4.99 Å². The monoisotopic (exact) mass is 274 g/mol. The molecule has 17 heavy (non-hydrogen) atoms. The van der Waals surface area contributed by atoms with E-state index >= 15 is 0 Å². The highest BCUT2D eigenvalue weighted by molar-refractivity contribution is 8.06. The van der Waals surface area contributed by atoms with Crippen LogP contribution in [0.5, 0.6) is 0 Å². The highest BCUT2D eigenvalue weighted by Gasteiger charge is 2.17. The van der Waals surface area contributed by atoms with Gasteiger partial charge in [-0.1, -0.05) is 12.8 Å². The van der Waals surface area contributed by atoms with Crippen LogP contribution in [0, 0.1) is 0 Å². The highest BCUT2D eigenvalue weighted by Crippen LogP contribution is 2.24. The Balaban J connectivity index is 1.75. The summed E-state index contributed by atoms with van der Waals surface area (Å²) in [4.78, 5) is 4.56. The lowest BCUT2D eigenvalue weighted by Gasteiger charge is -2.20. The molecule has 1 atom stereocenters. The van der Waals surface area contributed by atoms with E-state index in [0.29, 0.717) is 11.3 Å². The molecule has 2 fully saturated rings. The number of guanidine groups is 1. The molecule has 6 heteroatoms. The summed E-state index contributed by atoms with van der Waals surface area (Å²) < 4.78 is 0. The first-order valence-corrected chi connectivity index (χ1v) is 8.56. The van der Waals surface area contributed by atoms with Crippen LogP contribution in [-0.2, 0) is 0 Å². The number of thioether (sulfide) groups is 2. The van der Waals surface area contributed by atoms with E-state index in [1.54, 1.807) is 0 Å². The second-order valence-corrected chi connectivity index (χ2v) is 7.09. The van der Waals surface area contributed by atoms with Crippen LogP contribution in [-0.4, -0.2) is 41.1 Å². The first-order chi connectivity index (χ1) is 8.38. The van der Waals surface area contributed by atoms with Crippen molar-refractivity contribution in [3.63, 3.8) is 0 Å². The summed E-state index contributed by atoms with van der Waals surface area (Å²) in [6.07, 6.45) is 5.14. The van der Waals surface area contributed by atoms with Crippen molar-refractivity contribution in [2.45, 2.75) is 37.0 Å². The van der Waals surface area contributed by atoms with Gasteiger partial charge in [-0.05, 0) is 12.8 Å². The molecule has 4 N–H and O–H groups in total. The average Bonchev–Trinajstić information content (AvgIpc) is 2.88. The van der Waals surface area contributed by atoms with Gasteiger partial charge in [-0.3, -0.25) is 10.4 Å². The average molecular weight is 274 g/mol. The zero-order valence-electron chi connectivity index (χ0n) is 10.2. The molecular formula is C11H22N4S2. The molecule has 98 valence electrons. The molecule has 1 aliphatic carbocycles. The normalized spacial score (nSPS) is 27.1. The Hall–Kier alpha value is -0.0700. The number of rotatable bonds is 3. The summed E-state index contributed by atoms with van der Waals surface area (Å²) in [7, 11) is 0. The molecule has 2 rings (SSSR count). The number of hydrazine groups is 1. The number of hydrogen-bond acceptors (Lipinski definition) is 4. The van der Waals surface area contributed by atoms with Crippen LogP contribution < -0.4 is 16.6 Å². The van der Waals surface area contributed by atoms with Gasteiger partial charge in [-0.15, -0.1) is 0 Å². The zero-order valence-corrected chi connectivity index (χ0v) is 11.8. The quantitative estimate of drug-likeness (QED) is 0.312. The van der Waals surface area contributed by atoms with Crippen LogP contribution in [0.2, 0.25) is 0 Å². The fourth-order valence-electron chi connectivity index (χ4n) is 2.23. The molecule has 0 aromatic heterocycles. The van der Waals surface area contributed by atoms with Gasteiger partial charge in [-0.2, -0.15) is 23.5 Å². The van der Waals surface area contributed by atoms with Gasteiger partial charge >= 0.3 is 0 Å². The molecule has 2 aliphatic rings. The number of aliphatic imine (C=N–C) groups is 1. The van der Waals surface area contributed by atoms with Crippen LogP contribution in [0.4, 0.5) is 0 Å². The van der Waals surface area contributed by atoms with Gasteiger partial charge in [0.1, 0.15) is 0 Å². The second-order valence-electron chi connectivity index (χ2n) is 4.53. The van der Waals surface area contributed by atoms with E-state index < -0.39 is 0 Å². The van der Waals surface area contributed by atoms with Crippen molar-refractivity contribution < 1.29 is 0 Å². The molecule has 0 aromatic rings. The van der Waals surface area contributed by atoms with Crippen molar-refractivity contribution in [3.05, 3.63) is 0 Å². The third-order valence-electron chi connectivity index (χ3n) is 3.17. The summed E-state index contributed by atoms with van der Waals surface area (Å²) in [5.74, 6) is 10.0. The van der Waals surface area contributed by atoms with Gasteiger partial charge < -0.3 is 5.32 Å². The maximum absolute atomic E-state index is 5.51. The van der Waals surface area contributed by atoms with Crippen LogP contribution in [0.25, 0.3) is 0 Å². The number of hydrogen-bond donors (Lipinski definition) is 3. The summed E-state index contributed by atoms with van der Waals surface area (Å²) in [5.41, 5.74) is 2.69. The Bertz CT molecular complexity index is 248. The zero-order chi connectivity index (χ0) is 11.9. The smallest absolute Gasteiger partial charge is 0.205 e. The molecule has 1 saturated carbocycles. The number of nitrogens with zero attached hydrogens (tertiary/aromatic N) is 1. The first-order valence-electron chi connectivity index (χ1n) is 6.35. The van der Waals surface area contributed by atoms with E-state index in [1.165, 1.54) is 42.9 Å². The van der Waals surface area contributed by atoms with E-state index in [2.05, 4.69) is 15.7 Å². The SMILES string of the molecule is NNC(=NCC1CSCCS1)NC1CCCC1. The molecule has 1 heterocycles. The maximum Gasteiger partial charge on any atom is 0.205 e. The van der Waals surface area contributed by atoms with Crippen molar-refractivity contribution in [1.82, 2.24) is 10.7 Å². The van der Waals surface area contributed by atoms with E-state index in [9.17, 15) is 0 Å². The van der Waals surface area contributed by atoms with E-state index in [4.69, 9.17) is 5.84 Å². The second kappa shape index (κ2) is 7.38. The first kappa shape index (κ1) is 13.4. The standard InChI is InChI=1S/C11H22N4S2/c12-15-11(14-9-3-1-2-4-9)13-7-10-8-16-5-6-17-10/h9-10H,1-8,12H2,(H2,13,14,15). The molecule has 0 aromatic carbocycles. The van der Waals surface area contributed by atoms with Crippen molar-refractivity contribution >= 4 is 29.5 Å². The predicted molar refractivity (Wildman–Crippen MR) is 78.6 cm³/mol. The van der Waals surface area contributed by atoms with Gasteiger partial charge in [0, 0.05) is 28.6 Å². The molecule has 0 amide bonds. The Kier molecular flexibility index (Phi) is 5.80. The van der Waals surface area contributed by atoms with Gasteiger partial charge in [0.2, 0.25) is 5.96 Å². The Labute approximate surface area is 112 Å². The molecule has 1 saturated heterocycles. The Morgan fingerprint density at radius 1 is 1.29 bits per heavy atom. The lowest BCUT2D eigenvalue weighted by atomic mass is 10.2. The molecule has 1 aliphatic heterocycles. The van der Waals surface area contributed by atoms with Crippen molar-refractivity contribution in [3.8, 4) is 0 Å². The molecule has 1 unspecified atom stereocenters. The Morgan fingerprint density at radius 3 is 2.76 bits per heavy atom. The third-order valence-corrected chi connectivity index (χ3v) is 6.00. The van der Waals surface area contributed by atoms with E-state index in [0.717, 1.165) is 12.5 Å².